The Bertz CT molecular complexity index is 977. The van der Waals surface area contributed by atoms with Crippen LogP contribution in [0, 0.1) is 13.8 Å². The smallest absolute Gasteiger partial charge is 0.262 e. The van der Waals surface area contributed by atoms with Crippen molar-refractivity contribution in [2.75, 3.05) is 20.7 Å². The Morgan fingerprint density at radius 3 is 2.58 bits per heavy atom. The molecular weight excluding hydrogens is 370 g/mol. The van der Waals surface area contributed by atoms with Crippen LogP contribution in [-0.2, 0) is 13.1 Å². The lowest BCUT2D eigenvalue weighted by atomic mass is 10.2. The average molecular weight is 392 g/mol. The average Bonchev–Trinajstić information content (AvgIpc) is 2.86. The molecule has 0 unspecified atom stereocenters. The first kappa shape index (κ1) is 18.9. The summed E-state index contributed by atoms with van der Waals surface area (Å²) < 4.78 is 7.50. The number of aromatic nitrogens is 2. The Hall–Kier alpha value is -1.89. The second-order valence-corrected chi connectivity index (χ2v) is 8.13. The molecule has 26 heavy (non-hydrogen) atoms. The van der Waals surface area contributed by atoms with Crippen LogP contribution in [0.2, 0.25) is 5.02 Å². The van der Waals surface area contributed by atoms with Gasteiger partial charge in [0.05, 0.1) is 18.5 Å². The van der Waals surface area contributed by atoms with Gasteiger partial charge >= 0.3 is 0 Å². The van der Waals surface area contributed by atoms with Crippen LogP contribution >= 0.6 is 22.9 Å². The summed E-state index contributed by atoms with van der Waals surface area (Å²) in [5.74, 6) is 1.49. The number of fused-ring (bicyclic) bond motifs is 1. The molecule has 0 aliphatic carbocycles. The first-order valence-corrected chi connectivity index (χ1v) is 9.58. The number of thiophene rings is 1. The number of aryl methyl sites for hydroxylation is 2. The van der Waals surface area contributed by atoms with Gasteiger partial charge in [-0.2, -0.15) is 0 Å². The molecule has 3 rings (SSSR count). The van der Waals surface area contributed by atoms with E-state index in [-0.39, 0.29) is 5.56 Å². The number of ether oxygens (including phenoxy) is 1. The van der Waals surface area contributed by atoms with E-state index in [1.165, 1.54) is 0 Å². The van der Waals surface area contributed by atoms with E-state index in [4.69, 9.17) is 21.3 Å². The Morgan fingerprint density at radius 1 is 1.23 bits per heavy atom. The zero-order chi connectivity index (χ0) is 18.8. The summed E-state index contributed by atoms with van der Waals surface area (Å²) in [6.07, 6.45) is 0. The largest absolute Gasteiger partial charge is 0.492 e. The molecule has 0 saturated heterocycles. The lowest BCUT2D eigenvalue weighted by molar-refractivity contribution is 0.288. The van der Waals surface area contributed by atoms with Crippen molar-refractivity contribution >= 4 is 33.2 Å². The number of hydrogen-bond donors (Lipinski definition) is 0. The molecule has 0 amide bonds. The van der Waals surface area contributed by atoms with Crippen molar-refractivity contribution in [1.29, 1.82) is 0 Å². The lowest BCUT2D eigenvalue weighted by Crippen LogP contribution is -2.30. The zero-order valence-electron chi connectivity index (χ0n) is 15.4. The number of hydrogen-bond acceptors (Lipinski definition) is 5. The summed E-state index contributed by atoms with van der Waals surface area (Å²) in [7, 11) is 3.94. The minimum absolute atomic E-state index is 0.00778. The quantitative estimate of drug-likeness (QED) is 0.640. The number of rotatable bonds is 6. The molecule has 3 aromatic rings. The van der Waals surface area contributed by atoms with Crippen LogP contribution in [-0.4, -0.2) is 35.2 Å². The molecule has 0 fully saturated rings. The Balaban J connectivity index is 1.91. The van der Waals surface area contributed by atoms with Gasteiger partial charge in [-0.25, -0.2) is 4.98 Å². The Morgan fingerprint density at radius 2 is 1.92 bits per heavy atom. The predicted octanol–water partition coefficient (Wildman–Crippen LogP) is 3.87. The van der Waals surface area contributed by atoms with Gasteiger partial charge in [-0.3, -0.25) is 9.36 Å². The molecule has 7 heteroatoms. The van der Waals surface area contributed by atoms with Crippen molar-refractivity contribution < 1.29 is 4.74 Å². The van der Waals surface area contributed by atoms with Gasteiger partial charge in [0, 0.05) is 9.90 Å². The van der Waals surface area contributed by atoms with Gasteiger partial charge in [0.15, 0.2) is 0 Å². The summed E-state index contributed by atoms with van der Waals surface area (Å²) in [5.41, 5.74) is 1.03. The van der Waals surface area contributed by atoms with Gasteiger partial charge in [-0.15, -0.1) is 11.3 Å². The molecule has 0 aliphatic rings. The topological polar surface area (TPSA) is 47.4 Å². The van der Waals surface area contributed by atoms with E-state index >= 15 is 0 Å². The van der Waals surface area contributed by atoms with Crippen LogP contribution in [0.25, 0.3) is 10.2 Å². The second kappa shape index (κ2) is 7.78. The second-order valence-electron chi connectivity index (χ2n) is 6.49. The molecule has 0 radical (unpaired) electrons. The van der Waals surface area contributed by atoms with Crippen LogP contribution < -0.4 is 10.3 Å². The van der Waals surface area contributed by atoms with Crippen LogP contribution in [0.3, 0.4) is 0 Å². The van der Waals surface area contributed by atoms with Crippen molar-refractivity contribution in [2.24, 2.45) is 0 Å². The molecular formula is C19H22ClN3O2S. The van der Waals surface area contributed by atoms with E-state index in [1.807, 2.05) is 45.0 Å². The molecule has 138 valence electrons. The monoisotopic (exact) mass is 391 g/mol. The van der Waals surface area contributed by atoms with E-state index in [2.05, 4.69) is 0 Å². The number of nitrogens with zero attached hydrogens (tertiary/aromatic N) is 3. The fourth-order valence-electron chi connectivity index (χ4n) is 2.79. The maximum Gasteiger partial charge on any atom is 0.262 e. The standard InChI is InChI=1S/C19H22ClN3O2S/c1-12-13(2)26-18-17(12)19(24)23(16(21-18)11-22(3)4)9-10-25-15-7-5-14(20)6-8-15/h5-8H,9-11H2,1-4H3. The highest BCUT2D eigenvalue weighted by Crippen LogP contribution is 2.26. The van der Waals surface area contributed by atoms with Crippen LogP contribution in [0.15, 0.2) is 29.1 Å². The molecule has 5 nitrogen and oxygen atoms in total. The van der Waals surface area contributed by atoms with E-state index in [1.54, 1.807) is 28.0 Å². The van der Waals surface area contributed by atoms with Crippen LogP contribution in [0.5, 0.6) is 5.75 Å². The normalized spacial score (nSPS) is 11.5. The summed E-state index contributed by atoms with van der Waals surface area (Å²) in [6, 6.07) is 7.20. The van der Waals surface area contributed by atoms with Crippen molar-refractivity contribution in [3.63, 3.8) is 0 Å². The molecule has 0 N–H and O–H groups in total. The van der Waals surface area contributed by atoms with E-state index in [0.717, 1.165) is 32.2 Å². The van der Waals surface area contributed by atoms with Crippen molar-refractivity contribution in [3.05, 3.63) is 55.9 Å². The Kier molecular flexibility index (Phi) is 5.65. The van der Waals surface area contributed by atoms with Gasteiger partial charge < -0.3 is 9.64 Å². The van der Waals surface area contributed by atoms with Gasteiger partial charge in [0.1, 0.15) is 23.0 Å². The van der Waals surface area contributed by atoms with E-state index in [0.29, 0.717) is 24.7 Å². The summed E-state index contributed by atoms with van der Waals surface area (Å²) in [5, 5.41) is 1.39. The number of benzene rings is 1. The molecule has 2 aromatic heterocycles. The molecule has 0 aliphatic heterocycles. The minimum Gasteiger partial charge on any atom is -0.492 e. The first-order valence-electron chi connectivity index (χ1n) is 8.39. The van der Waals surface area contributed by atoms with Crippen molar-refractivity contribution in [3.8, 4) is 5.75 Å². The summed E-state index contributed by atoms with van der Waals surface area (Å²) >= 11 is 7.47. The summed E-state index contributed by atoms with van der Waals surface area (Å²) in [4.78, 5) is 21.8. The third-order valence-corrected chi connectivity index (χ3v) is 5.58. The highest BCUT2D eigenvalue weighted by atomic mass is 35.5. The molecule has 1 aromatic carbocycles. The first-order chi connectivity index (χ1) is 12.4. The van der Waals surface area contributed by atoms with Crippen molar-refractivity contribution in [1.82, 2.24) is 14.5 Å². The maximum atomic E-state index is 13.1. The number of halogens is 1. The SMILES string of the molecule is Cc1sc2nc(CN(C)C)n(CCOc3ccc(Cl)cc3)c(=O)c2c1C. The summed E-state index contributed by atoms with van der Waals surface area (Å²) in [6.45, 7) is 5.44. The van der Waals surface area contributed by atoms with E-state index in [9.17, 15) is 4.79 Å². The van der Waals surface area contributed by atoms with Gasteiger partial charge in [-0.05, 0) is 57.8 Å². The van der Waals surface area contributed by atoms with Gasteiger partial charge in [0.25, 0.3) is 5.56 Å². The highest BCUT2D eigenvalue weighted by Gasteiger charge is 2.16. The molecule has 0 saturated carbocycles. The molecule has 2 heterocycles. The Labute approximate surface area is 161 Å². The van der Waals surface area contributed by atoms with Crippen molar-refractivity contribution in [2.45, 2.75) is 26.9 Å². The van der Waals surface area contributed by atoms with Crippen LogP contribution in [0.1, 0.15) is 16.3 Å². The zero-order valence-corrected chi connectivity index (χ0v) is 16.9. The van der Waals surface area contributed by atoms with Gasteiger partial charge in [-0.1, -0.05) is 11.6 Å². The molecule has 0 atom stereocenters. The van der Waals surface area contributed by atoms with Gasteiger partial charge in [0.2, 0.25) is 0 Å². The third-order valence-electron chi connectivity index (χ3n) is 4.22. The molecule has 0 spiro atoms. The molecule has 0 bridgehead atoms. The highest BCUT2D eigenvalue weighted by molar-refractivity contribution is 7.18. The lowest BCUT2D eigenvalue weighted by Gasteiger charge is -2.16. The minimum atomic E-state index is 0.00778. The third kappa shape index (κ3) is 3.92. The fraction of sp³-hybridized carbons (Fsp3) is 0.368. The fourth-order valence-corrected chi connectivity index (χ4v) is 3.95. The maximum absolute atomic E-state index is 13.1. The van der Waals surface area contributed by atoms with Crippen LogP contribution in [0.4, 0.5) is 0 Å². The predicted molar refractivity (Wildman–Crippen MR) is 108 cm³/mol. The van der Waals surface area contributed by atoms with E-state index < -0.39 is 0 Å².